The molecule has 0 radical (unpaired) electrons. The molecular formula is C21H19N5O2. The first-order chi connectivity index (χ1) is 13.6. The van der Waals surface area contributed by atoms with Crippen molar-refractivity contribution in [2.24, 2.45) is 0 Å². The Balaban J connectivity index is 1.61. The zero-order chi connectivity index (χ0) is 19.3. The number of aromatic nitrogens is 3. The number of H-pyrrole nitrogens is 1. The zero-order valence-corrected chi connectivity index (χ0v) is 15.6. The number of fused-ring (bicyclic) bond motifs is 2. The fraction of sp³-hybridized carbons (Fsp3) is 0.190. The number of carbonyl (C=O) groups excluding carboxylic acids is 1. The lowest BCUT2D eigenvalue weighted by Crippen LogP contribution is -2.20. The third kappa shape index (κ3) is 2.55. The third-order valence-electron chi connectivity index (χ3n) is 5.23. The quantitative estimate of drug-likeness (QED) is 0.599. The van der Waals surface area contributed by atoms with E-state index in [2.05, 4.69) is 32.7 Å². The molecule has 0 spiro atoms. The van der Waals surface area contributed by atoms with E-state index in [1.807, 2.05) is 37.4 Å². The number of hydrogen-bond donors (Lipinski definition) is 3. The number of benzene rings is 1. The summed E-state index contributed by atoms with van der Waals surface area (Å²) in [6.45, 7) is 5.34. The minimum Gasteiger partial charge on any atom is -0.474 e. The average molecular weight is 373 g/mol. The Kier molecular flexibility index (Phi) is 3.68. The number of anilines is 2. The van der Waals surface area contributed by atoms with Gasteiger partial charge in [-0.25, -0.2) is 4.98 Å². The third-order valence-corrected chi connectivity index (χ3v) is 5.23. The van der Waals surface area contributed by atoms with Crippen LogP contribution < -0.4 is 15.4 Å². The first kappa shape index (κ1) is 16.6. The predicted molar refractivity (Wildman–Crippen MR) is 108 cm³/mol. The molecule has 0 saturated carbocycles. The van der Waals surface area contributed by atoms with Gasteiger partial charge in [0.15, 0.2) is 0 Å². The van der Waals surface area contributed by atoms with E-state index in [9.17, 15) is 4.79 Å². The second kappa shape index (κ2) is 6.23. The summed E-state index contributed by atoms with van der Waals surface area (Å²) in [7, 11) is 0. The Labute approximate surface area is 161 Å². The SMILES string of the molecule is Cc1n[nH]cc1C=C1C(=O)Nc2ccc(-c3cnc4c(c3C)NCCO4)cc21. The van der Waals surface area contributed by atoms with Crippen LogP contribution in [0, 0.1) is 13.8 Å². The number of carbonyl (C=O) groups is 1. The smallest absolute Gasteiger partial charge is 0.256 e. The number of hydrogen-bond acceptors (Lipinski definition) is 5. The van der Waals surface area contributed by atoms with Crippen LogP contribution in [0.3, 0.4) is 0 Å². The lowest BCUT2D eigenvalue weighted by Gasteiger charge is -2.21. The van der Waals surface area contributed by atoms with Crippen LogP contribution in [0.15, 0.2) is 30.6 Å². The molecule has 7 nitrogen and oxygen atoms in total. The Bertz CT molecular complexity index is 1150. The molecule has 4 heterocycles. The maximum Gasteiger partial charge on any atom is 0.256 e. The summed E-state index contributed by atoms with van der Waals surface area (Å²) in [4.78, 5) is 17.0. The molecule has 3 aromatic rings. The molecule has 2 aliphatic rings. The van der Waals surface area contributed by atoms with E-state index in [0.29, 0.717) is 18.1 Å². The molecule has 1 amide bonds. The molecule has 28 heavy (non-hydrogen) atoms. The van der Waals surface area contributed by atoms with Crippen molar-refractivity contribution in [1.29, 1.82) is 0 Å². The Morgan fingerprint density at radius 2 is 2.11 bits per heavy atom. The normalized spacial score (nSPS) is 16.2. The topological polar surface area (TPSA) is 91.9 Å². The molecule has 0 bridgehead atoms. The van der Waals surface area contributed by atoms with Crippen LogP contribution >= 0.6 is 0 Å². The summed E-state index contributed by atoms with van der Waals surface area (Å²) in [5, 5.41) is 13.3. The van der Waals surface area contributed by atoms with E-state index >= 15 is 0 Å². The number of rotatable bonds is 2. The monoisotopic (exact) mass is 373 g/mol. The van der Waals surface area contributed by atoms with Crippen LogP contribution in [0.1, 0.15) is 22.4 Å². The molecular weight excluding hydrogens is 354 g/mol. The number of ether oxygens (including phenoxy) is 1. The van der Waals surface area contributed by atoms with Gasteiger partial charge in [0.05, 0.1) is 5.69 Å². The Morgan fingerprint density at radius 1 is 1.21 bits per heavy atom. The van der Waals surface area contributed by atoms with Crippen LogP contribution in [-0.2, 0) is 4.79 Å². The number of aryl methyl sites for hydroxylation is 1. The highest BCUT2D eigenvalue weighted by Crippen LogP contribution is 2.39. The molecule has 1 aromatic carbocycles. The van der Waals surface area contributed by atoms with Gasteiger partial charge >= 0.3 is 0 Å². The number of pyridine rings is 1. The molecule has 0 fully saturated rings. The maximum atomic E-state index is 12.5. The summed E-state index contributed by atoms with van der Waals surface area (Å²) < 4.78 is 5.62. The molecule has 0 aliphatic carbocycles. The molecule has 0 saturated heterocycles. The molecule has 0 atom stereocenters. The van der Waals surface area contributed by atoms with E-state index in [0.717, 1.165) is 51.4 Å². The minimum atomic E-state index is -0.108. The first-order valence-electron chi connectivity index (χ1n) is 9.16. The lowest BCUT2D eigenvalue weighted by molar-refractivity contribution is -0.110. The minimum absolute atomic E-state index is 0.108. The molecule has 2 aliphatic heterocycles. The van der Waals surface area contributed by atoms with Gasteiger partial charge in [-0.05, 0) is 43.2 Å². The number of amides is 1. The van der Waals surface area contributed by atoms with Crippen LogP contribution in [0.5, 0.6) is 5.88 Å². The van der Waals surface area contributed by atoms with Crippen molar-refractivity contribution in [2.45, 2.75) is 13.8 Å². The molecule has 3 N–H and O–H groups in total. The van der Waals surface area contributed by atoms with Crippen LogP contribution in [-0.4, -0.2) is 34.2 Å². The molecule has 5 rings (SSSR count). The Hall–Kier alpha value is -3.61. The van der Waals surface area contributed by atoms with Crippen LogP contribution in [0.25, 0.3) is 22.8 Å². The standard InChI is InChI=1S/C21H19N5O2/c1-11-17(10-23-21-19(11)22-5-6-28-21)13-3-4-18-15(7-13)16(20(27)25-18)8-14-9-24-26-12(14)2/h3-4,7-10,22H,5-6H2,1-2H3,(H,24,26)(H,25,27). The van der Waals surface area contributed by atoms with Crippen molar-refractivity contribution in [3.05, 3.63) is 53.0 Å². The van der Waals surface area contributed by atoms with E-state index in [1.165, 1.54) is 0 Å². The van der Waals surface area contributed by atoms with Crippen LogP contribution in [0.2, 0.25) is 0 Å². The highest BCUT2D eigenvalue weighted by atomic mass is 16.5. The van der Waals surface area contributed by atoms with Gasteiger partial charge < -0.3 is 15.4 Å². The van der Waals surface area contributed by atoms with Crippen molar-refractivity contribution in [2.75, 3.05) is 23.8 Å². The second-order valence-corrected chi connectivity index (χ2v) is 6.95. The molecule has 0 unspecified atom stereocenters. The van der Waals surface area contributed by atoms with Gasteiger partial charge in [-0.2, -0.15) is 5.10 Å². The molecule has 7 heteroatoms. The summed E-state index contributed by atoms with van der Waals surface area (Å²) in [5.74, 6) is 0.532. The fourth-order valence-corrected chi connectivity index (χ4v) is 3.68. The fourth-order valence-electron chi connectivity index (χ4n) is 3.68. The van der Waals surface area contributed by atoms with Gasteiger partial charge in [-0.1, -0.05) is 6.07 Å². The van der Waals surface area contributed by atoms with Gasteiger partial charge in [0.25, 0.3) is 5.91 Å². The van der Waals surface area contributed by atoms with Crippen molar-refractivity contribution >= 4 is 28.9 Å². The van der Waals surface area contributed by atoms with E-state index in [-0.39, 0.29) is 5.91 Å². The lowest BCUT2D eigenvalue weighted by atomic mass is 9.96. The zero-order valence-electron chi connectivity index (χ0n) is 15.6. The number of aromatic amines is 1. The summed E-state index contributed by atoms with van der Waals surface area (Å²) in [6.07, 6.45) is 5.49. The average Bonchev–Trinajstić information content (AvgIpc) is 3.25. The van der Waals surface area contributed by atoms with E-state index in [4.69, 9.17) is 4.74 Å². The van der Waals surface area contributed by atoms with E-state index in [1.54, 1.807) is 6.20 Å². The highest BCUT2D eigenvalue weighted by molar-refractivity contribution is 6.35. The first-order valence-corrected chi connectivity index (χ1v) is 9.16. The Morgan fingerprint density at radius 3 is 2.93 bits per heavy atom. The van der Waals surface area contributed by atoms with E-state index < -0.39 is 0 Å². The summed E-state index contributed by atoms with van der Waals surface area (Å²) in [6, 6.07) is 5.98. The number of nitrogens with zero attached hydrogens (tertiary/aromatic N) is 2. The predicted octanol–water partition coefficient (Wildman–Crippen LogP) is 3.39. The van der Waals surface area contributed by atoms with Crippen molar-refractivity contribution in [3.63, 3.8) is 0 Å². The largest absolute Gasteiger partial charge is 0.474 e. The second-order valence-electron chi connectivity index (χ2n) is 6.95. The van der Waals surface area contributed by atoms with Crippen molar-refractivity contribution in [3.8, 4) is 17.0 Å². The van der Waals surface area contributed by atoms with Gasteiger partial charge in [-0.3, -0.25) is 9.89 Å². The summed E-state index contributed by atoms with van der Waals surface area (Å²) in [5.41, 5.74) is 8.11. The van der Waals surface area contributed by atoms with Gasteiger partial charge in [0.1, 0.15) is 12.3 Å². The van der Waals surface area contributed by atoms with Gasteiger partial charge in [0, 0.05) is 46.9 Å². The van der Waals surface area contributed by atoms with Gasteiger partial charge in [-0.15, -0.1) is 0 Å². The number of nitrogens with one attached hydrogen (secondary N) is 3. The van der Waals surface area contributed by atoms with Gasteiger partial charge in [0.2, 0.25) is 5.88 Å². The van der Waals surface area contributed by atoms with Crippen LogP contribution in [0.4, 0.5) is 11.4 Å². The molecule has 2 aromatic heterocycles. The summed E-state index contributed by atoms with van der Waals surface area (Å²) >= 11 is 0. The van der Waals surface area contributed by atoms with Crippen molar-refractivity contribution < 1.29 is 9.53 Å². The highest BCUT2D eigenvalue weighted by Gasteiger charge is 2.26. The maximum absolute atomic E-state index is 12.5. The molecule has 140 valence electrons. The van der Waals surface area contributed by atoms with Crippen molar-refractivity contribution in [1.82, 2.24) is 15.2 Å².